The van der Waals surface area contributed by atoms with Crippen molar-refractivity contribution in [1.29, 1.82) is 5.26 Å². The Morgan fingerprint density at radius 3 is 3.05 bits per heavy atom. The van der Waals surface area contributed by atoms with Crippen molar-refractivity contribution in [2.75, 3.05) is 18.0 Å². The molecular formula is C16H20N2O. The SMILES string of the molecule is N#Cc1cccc(N2CCC3(O)CCCCC3C2)c1. The Labute approximate surface area is 114 Å². The second kappa shape index (κ2) is 4.86. The number of anilines is 1. The monoisotopic (exact) mass is 256 g/mol. The van der Waals surface area contributed by atoms with E-state index in [9.17, 15) is 5.11 Å². The smallest absolute Gasteiger partial charge is 0.0992 e. The molecule has 1 aliphatic heterocycles. The van der Waals surface area contributed by atoms with Crippen LogP contribution >= 0.6 is 0 Å². The third-order valence-electron chi connectivity index (χ3n) is 4.77. The van der Waals surface area contributed by atoms with Crippen LogP contribution in [0.2, 0.25) is 0 Å². The van der Waals surface area contributed by atoms with E-state index in [1.165, 1.54) is 6.42 Å². The highest BCUT2D eigenvalue weighted by Gasteiger charge is 2.42. The molecule has 0 aromatic heterocycles. The first-order valence-electron chi connectivity index (χ1n) is 7.19. The lowest BCUT2D eigenvalue weighted by atomic mass is 9.71. The maximum Gasteiger partial charge on any atom is 0.0992 e. The lowest BCUT2D eigenvalue weighted by molar-refractivity contribution is -0.0612. The molecule has 3 rings (SSSR count). The molecule has 1 aromatic carbocycles. The highest BCUT2D eigenvalue weighted by molar-refractivity contribution is 5.52. The number of nitrogens with zero attached hydrogens (tertiary/aromatic N) is 2. The average Bonchev–Trinajstić information content (AvgIpc) is 2.46. The van der Waals surface area contributed by atoms with E-state index in [1.54, 1.807) is 0 Å². The van der Waals surface area contributed by atoms with Gasteiger partial charge in [0.25, 0.3) is 0 Å². The molecule has 1 saturated carbocycles. The van der Waals surface area contributed by atoms with Crippen molar-refractivity contribution >= 4 is 5.69 Å². The molecule has 19 heavy (non-hydrogen) atoms. The van der Waals surface area contributed by atoms with Crippen LogP contribution in [0.1, 0.15) is 37.7 Å². The summed E-state index contributed by atoms with van der Waals surface area (Å²) in [6.07, 6.45) is 5.35. The molecule has 3 heteroatoms. The maximum atomic E-state index is 10.7. The Morgan fingerprint density at radius 1 is 1.32 bits per heavy atom. The van der Waals surface area contributed by atoms with Crippen molar-refractivity contribution in [3.63, 3.8) is 0 Å². The number of rotatable bonds is 1. The van der Waals surface area contributed by atoms with Gasteiger partial charge in [0, 0.05) is 24.7 Å². The molecule has 1 aromatic rings. The molecule has 3 nitrogen and oxygen atoms in total. The highest BCUT2D eigenvalue weighted by Crippen LogP contribution is 2.40. The van der Waals surface area contributed by atoms with Crippen LogP contribution in [0.25, 0.3) is 0 Å². The summed E-state index contributed by atoms with van der Waals surface area (Å²) in [4.78, 5) is 2.32. The van der Waals surface area contributed by atoms with Gasteiger partial charge in [-0.05, 0) is 37.5 Å². The third kappa shape index (κ3) is 2.33. The van der Waals surface area contributed by atoms with Crippen molar-refractivity contribution in [3.05, 3.63) is 29.8 Å². The van der Waals surface area contributed by atoms with E-state index in [0.29, 0.717) is 11.5 Å². The summed E-state index contributed by atoms with van der Waals surface area (Å²) < 4.78 is 0. The van der Waals surface area contributed by atoms with Gasteiger partial charge in [0.15, 0.2) is 0 Å². The zero-order valence-electron chi connectivity index (χ0n) is 11.2. The standard InChI is InChI=1S/C16H20N2O/c17-11-13-4-3-6-15(10-13)18-9-8-16(19)7-2-1-5-14(16)12-18/h3-4,6,10,14,19H,1-2,5,7-9,12H2. The van der Waals surface area contributed by atoms with Gasteiger partial charge in [0.1, 0.15) is 0 Å². The second-order valence-electron chi connectivity index (χ2n) is 5.90. The summed E-state index contributed by atoms with van der Waals surface area (Å²) in [6, 6.07) is 9.99. The average molecular weight is 256 g/mol. The van der Waals surface area contributed by atoms with Crippen molar-refractivity contribution < 1.29 is 5.11 Å². The van der Waals surface area contributed by atoms with E-state index >= 15 is 0 Å². The van der Waals surface area contributed by atoms with Crippen LogP contribution in [0.3, 0.4) is 0 Å². The number of hydrogen-bond donors (Lipinski definition) is 1. The highest BCUT2D eigenvalue weighted by atomic mass is 16.3. The Bertz CT molecular complexity index is 508. The quantitative estimate of drug-likeness (QED) is 0.840. The lowest BCUT2D eigenvalue weighted by Crippen LogP contribution is -2.53. The van der Waals surface area contributed by atoms with Gasteiger partial charge in [-0.25, -0.2) is 0 Å². The second-order valence-corrected chi connectivity index (χ2v) is 5.90. The van der Waals surface area contributed by atoms with Crippen LogP contribution in [0.5, 0.6) is 0 Å². The van der Waals surface area contributed by atoms with Gasteiger partial charge < -0.3 is 10.0 Å². The molecule has 1 aliphatic carbocycles. The maximum absolute atomic E-state index is 10.7. The first-order valence-corrected chi connectivity index (χ1v) is 7.19. The molecule has 0 radical (unpaired) electrons. The van der Waals surface area contributed by atoms with Crippen LogP contribution in [0.15, 0.2) is 24.3 Å². The van der Waals surface area contributed by atoms with E-state index in [1.807, 2.05) is 18.2 Å². The van der Waals surface area contributed by atoms with Crippen LogP contribution in [0, 0.1) is 17.2 Å². The van der Waals surface area contributed by atoms with Crippen molar-refractivity contribution in [3.8, 4) is 6.07 Å². The molecule has 0 bridgehead atoms. The third-order valence-corrected chi connectivity index (χ3v) is 4.77. The lowest BCUT2D eigenvalue weighted by Gasteiger charge is -2.48. The van der Waals surface area contributed by atoms with Crippen LogP contribution < -0.4 is 4.90 Å². The fourth-order valence-corrected chi connectivity index (χ4v) is 3.58. The van der Waals surface area contributed by atoms with Crippen LogP contribution in [-0.2, 0) is 0 Å². The van der Waals surface area contributed by atoms with E-state index < -0.39 is 5.60 Å². The van der Waals surface area contributed by atoms with Crippen molar-refractivity contribution in [1.82, 2.24) is 0 Å². The molecule has 2 fully saturated rings. The zero-order chi connectivity index (χ0) is 13.3. The fourth-order valence-electron chi connectivity index (χ4n) is 3.58. The fraction of sp³-hybridized carbons (Fsp3) is 0.562. The van der Waals surface area contributed by atoms with E-state index in [2.05, 4.69) is 17.0 Å². The largest absolute Gasteiger partial charge is 0.389 e. The van der Waals surface area contributed by atoms with E-state index in [0.717, 1.165) is 44.5 Å². The van der Waals surface area contributed by atoms with Gasteiger partial charge in [-0.3, -0.25) is 0 Å². The molecule has 2 unspecified atom stereocenters. The molecule has 2 aliphatic rings. The minimum absolute atomic E-state index is 0.390. The predicted octanol–water partition coefficient (Wildman–Crippen LogP) is 2.69. The number of fused-ring (bicyclic) bond motifs is 1. The van der Waals surface area contributed by atoms with Crippen molar-refractivity contribution in [2.45, 2.75) is 37.7 Å². The van der Waals surface area contributed by atoms with Crippen LogP contribution in [-0.4, -0.2) is 23.8 Å². The van der Waals surface area contributed by atoms with Gasteiger partial charge in [-0.15, -0.1) is 0 Å². The van der Waals surface area contributed by atoms with Gasteiger partial charge in [-0.2, -0.15) is 5.26 Å². The summed E-state index contributed by atoms with van der Waals surface area (Å²) in [6.45, 7) is 1.81. The normalized spacial score (nSPS) is 30.5. The summed E-state index contributed by atoms with van der Waals surface area (Å²) in [5.41, 5.74) is 1.40. The summed E-state index contributed by atoms with van der Waals surface area (Å²) >= 11 is 0. The van der Waals surface area contributed by atoms with Crippen LogP contribution in [0.4, 0.5) is 5.69 Å². The molecule has 1 saturated heterocycles. The number of benzene rings is 1. The van der Waals surface area contributed by atoms with E-state index in [4.69, 9.17) is 5.26 Å². The summed E-state index contributed by atoms with van der Waals surface area (Å²) in [5.74, 6) is 0.390. The number of piperidine rings is 1. The van der Waals surface area contributed by atoms with Gasteiger partial charge in [0.2, 0.25) is 0 Å². The molecular weight excluding hydrogens is 236 g/mol. The zero-order valence-corrected chi connectivity index (χ0v) is 11.2. The Kier molecular flexibility index (Phi) is 3.20. The minimum atomic E-state index is -0.429. The summed E-state index contributed by atoms with van der Waals surface area (Å²) in [7, 11) is 0. The molecule has 1 N–H and O–H groups in total. The minimum Gasteiger partial charge on any atom is -0.389 e. The topological polar surface area (TPSA) is 47.3 Å². The molecule has 0 spiro atoms. The number of hydrogen-bond acceptors (Lipinski definition) is 3. The summed E-state index contributed by atoms with van der Waals surface area (Å²) in [5, 5.41) is 19.7. The Morgan fingerprint density at radius 2 is 2.21 bits per heavy atom. The number of nitriles is 1. The molecule has 2 atom stereocenters. The van der Waals surface area contributed by atoms with Gasteiger partial charge >= 0.3 is 0 Å². The number of aliphatic hydroxyl groups is 1. The van der Waals surface area contributed by atoms with Crippen molar-refractivity contribution in [2.24, 2.45) is 5.92 Å². The first-order chi connectivity index (χ1) is 9.21. The molecule has 100 valence electrons. The van der Waals surface area contributed by atoms with E-state index in [-0.39, 0.29) is 0 Å². The molecule has 0 amide bonds. The van der Waals surface area contributed by atoms with Gasteiger partial charge in [0.05, 0.1) is 17.2 Å². The Balaban J connectivity index is 1.79. The molecule has 1 heterocycles. The predicted molar refractivity (Wildman–Crippen MR) is 74.9 cm³/mol. The van der Waals surface area contributed by atoms with Gasteiger partial charge in [-0.1, -0.05) is 18.9 Å². The Hall–Kier alpha value is -1.53. The first kappa shape index (κ1) is 12.5.